The molecule has 0 fully saturated rings. The third kappa shape index (κ3) is 4.15. The van der Waals surface area contributed by atoms with Crippen molar-refractivity contribution in [2.45, 2.75) is 26.5 Å². The number of nitrogens with one attached hydrogen (secondary N) is 1. The molecule has 0 aliphatic carbocycles. The zero-order chi connectivity index (χ0) is 13.5. The lowest BCUT2D eigenvalue weighted by molar-refractivity contribution is 0.226. The fraction of sp³-hybridized carbons (Fsp3) is 0.538. The van der Waals surface area contributed by atoms with Gasteiger partial charge in [0.1, 0.15) is 0 Å². The molecular weight excluding hydrogens is 298 g/mol. The monoisotopic (exact) mass is 317 g/mol. The van der Waals surface area contributed by atoms with Gasteiger partial charge in [0, 0.05) is 23.1 Å². The van der Waals surface area contributed by atoms with Crippen LogP contribution in [-0.4, -0.2) is 31.5 Å². The van der Waals surface area contributed by atoms with Crippen molar-refractivity contribution in [2.24, 2.45) is 0 Å². The van der Waals surface area contributed by atoms with E-state index in [4.69, 9.17) is 14.6 Å². The third-order valence-corrected chi connectivity index (χ3v) is 3.07. The van der Waals surface area contributed by atoms with Crippen LogP contribution >= 0.6 is 15.9 Å². The zero-order valence-corrected chi connectivity index (χ0v) is 12.6. The number of aliphatic hydroxyl groups is 1. The lowest BCUT2D eigenvalue weighted by Gasteiger charge is -2.19. The molecule has 102 valence electrons. The molecule has 1 aromatic rings. The number of ether oxygens (including phenoxy) is 2. The van der Waals surface area contributed by atoms with Crippen molar-refractivity contribution < 1.29 is 14.6 Å². The molecule has 0 saturated heterocycles. The minimum atomic E-state index is 0.0739. The molecule has 0 aliphatic heterocycles. The molecule has 0 bridgehead atoms. The maximum absolute atomic E-state index is 8.80. The van der Waals surface area contributed by atoms with Crippen LogP contribution in [0.25, 0.3) is 0 Å². The summed E-state index contributed by atoms with van der Waals surface area (Å²) in [6, 6.07) is 3.80. The quantitative estimate of drug-likeness (QED) is 0.758. The Hall–Kier alpha value is -0.780. The molecule has 1 rings (SSSR count). The zero-order valence-electron chi connectivity index (χ0n) is 11.0. The first kappa shape index (κ1) is 15.3. The van der Waals surface area contributed by atoms with Gasteiger partial charge in [0.15, 0.2) is 11.5 Å². The van der Waals surface area contributed by atoms with Crippen LogP contribution in [0.2, 0.25) is 0 Å². The van der Waals surface area contributed by atoms with E-state index < -0.39 is 0 Å². The first-order valence-electron chi connectivity index (χ1n) is 5.93. The molecule has 0 saturated carbocycles. The van der Waals surface area contributed by atoms with Gasteiger partial charge in [0.2, 0.25) is 0 Å². The lowest BCUT2D eigenvalue weighted by atomic mass is 10.1. The second kappa shape index (κ2) is 7.61. The average molecular weight is 318 g/mol. The number of aliphatic hydroxyl groups excluding tert-OH is 1. The molecule has 1 aromatic carbocycles. The molecule has 18 heavy (non-hydrogen) atoms. The predicted octanol–water partition coefficient (Wildman–Crippen LogP) is 2.33. The topological polar surface area (TPSA) is 50.7 Å². The number of rotatable bonds is 7. The van der Waals surface area contributed by atoms with Crippen LogP contribution in [0, 0.1) is 0 Å². The van der Waals surface area contributed by atoms with Crippen molar-refractivity contribution in [3.8, 4) is 11.5 Å². The van der Waals surface area contributed by atoms with E-state index in [0.29, 0.717) is 18.8 Å². The van der Waals surface area contributed by atoms with Crippen molar-refractivity contribution in [1.29, 1.82) is 0 Å². The summed E-state index contributed by atoms with van der Waals surface area (Å²) < 4.78 is 12.1. The van der Waals surface area contributed by atoms with Gasteiger partial charge < -0.3 is 19.9 Å². The summed E-state index contributed by atoms with van der Waals surface area (Å²) in [6.45, 7) is 5.23. The summed E-state index contributed by atoms with van der Waals surface area (Å²) in [5, 5.41) is 11.9. The molecule has 0 amide bonds. The Balaban J connectivity index is 3.01. The van der Waals surface area contributed by atoms with Crippen molar-refractivity contribution >= 4 is 15.9 Å². The highest BCUT2D eigenvalue weighted by atomic mass is 79.9. The van der Waals surface area contributed by atoms with E-state index >= 15 is 0 Å². The summed E-state index contributed by atoms with van der Waals surface area (Å²) >= 11 is 3.51. The highest BCUT2D eigenvalue weighted by Gasteiger charge is 2.15. The van der Waals surface area contributed by atoms with E-state index in [-0.39, 0.29) is 12.7 Å². The van der Waals surface area contributed by atoms with Gasteiger partial charge in [-0.1, -0.05) is 15.9 Å². The summed E-state index contributed by atoms with van der Waals surface area (Å²) in [5.74, 6) is 1.46. The minimum absolute atomic E-state index is 0.0739. The summed E-state index contributed by atoms with van der Waals surface area (Å²) in [4.78, 5) is 0. The van der Waals surface area contributed by atoms with E-state index in [1.165, 1.54) is 0 Å². The van der Waals surface area contributed by atoms with Crippen LogP contribution in [0.3, 0.4) is 0 Å². The summed E-state index contributed by atoms with van der Waals surface area (Å²) in [6.07, 6.45) is 0.0739. The Morgan fingerprint density at radius 2 is 2.11 bits per heavy atom. The largest absolute Gasteiger partial charge is 0.493 e. The molecule has 0 radical (unpaired) electrons. The van der Waals surface area contributed by atoms with Gasteiger partial charge in [-0.25, -0.2) is 0 Å². The third-order valence-electron chi connectivity index (χ3n) is 2.33. The summed E-state index contributed by atoms with van der Waals surface area (Å²) in [5.41, 5.74) is 0.997. The SMILES string of the molecule is COc1ccc(Br)c(CNCCO)c1OC(C)C. The fourth-order valence-corrected chi connectivity index (χ4v) is 2.02. The van der Waals surface area contributed by atoms with Gasteiger partial charge in [-0.05, 0) is 26.0 Å². The minimum Gasteiger partial charge on any atom is -0.493 e. The van der Waals surface area contributed by atoms with Crippen LogP contribution < -0.4 is 14.8 Å². The molecule has 0 atom stereocenters. The lowest BCUT2D eigenvalue weighted by Crippen LogP contribution is -2.19. The standard InChI is InChI=1S/C13H20BrNO3/c1-9(2)18-13-10(8-15-6-7-16)11(14)4-5-12(13)17-3/h4-5,9,15-16H,6-8H2,1-3H3. The van der Waals surface area contributed by atoms with E-state index in [9.17, 15) is 0 Å². The Morgan fingerprint density at radius 1 is 1.39 bits per heavy atom. The fourth-order valence-electron chi connectivity index (χ4n) is 1.57. The molecule has 0 spiro atoms. The van der Waals surface area contributed by atoms with E-state index in [1.54, 1.807) is 7.11 Å². The molecule has 0 aromatic heterocycles. The van der Waals surface area contributed by atoms with Crippen LogP contribution in [0.1, 0.15) is 19.4 Å². The maximum atomic E-state index is 8.80. The van der Waals surface area contributed by atoms with E-state index in [2.05, 4.69) is 21.2 Å². The molecule has 2 N–H and O–H groups in total. The number of hydrogen-bond donors (Lipinski definition) is 2. The van der Waals surface area contributed by atoms with Crippen LogP contribution in [0.15, 0.2) is 16.6 Å². The molecule has 0 unspecified atom stereocenters. The van der Waals surface area contributed by atoms with Crippen molar-refractivity contribution in [3.63, 3.8) is 0 Å². The normalized spacial score (nSPS) is 10.8. The first-order chi connectivity index (χ1) is 8.60. The van der Waals surface area contributed by atoms with Gasteiger partial charge in [-0.3, -0.25) is 0 Å². The number of methoxy groups -OCH3 is 1. The van der Waals surface area contributed by atoms with E-state index in [1.807, 2.05) is 26.0 Å². The Morgan fingerprint density at radius 3 is 2.67 bits per heavy atom. The van der Waals surface area contributed by atoms with Crippen LogP contribution in [-0.2, 0) is 6.54 Å². The van der Waals surface area contributed by atoms with Crippen molar-refractivity contribution in [1.82, 2.24) is 5.32 Å². The second-order valence-corrected chi connectivity index (χ2v) is 4.98. The molecular formula is C13H20BrNO3. The Labute approximate surface area is 116 Å². The Bertz CT molecular complexity index is 383. The highest BCUT2D eigenvalue weighted by molar-refractivity contribution is 9.10. The van der Waals surface area contributed by atoms with E-state index in [0.717, 1.165) is 15.8 Å². The first-order valence-corrected chi connectivity index (χ1v) is 6.73. The number of hydrogen-bond acceptors (Lipinski definition) is 4. The molecule has 0 heterocycles. The Kier molecular flexibility index (Phi) is 6.46. The smallest absolute Gasteiger partial charge is 0.167 e. The molecule has 5 heteroatoms. The van der Waals surface area contributed by atoms with Gasteiger partial charge in [0.25, 0.3) is 0 Å². The molecule has 4 nitrogen and oxygen atoms in total. The average Bonchev–Trinajstić information content (AvgIpc) is 2.32. The van der Waals surface area contributed by atoms with Gasteiger partial charge in [-0.15, -0.1) is 0 Å². The maximum Gasteiger partial charge on any atom is 0.167 e. The van der Waals surface area contributed by atoms with Crippen molar-refractivity contribution in [3.05, 3.63) is 22.2 Å². The molecule has 0 aliphatic rings. The van der Waals surface area contributed by atoms with Crippen molar-refractivity contribution in [2.75, 3.05) is 20.3 Å². The van der Waals surface area contributed by atoms with Gasteiger partial charge >= 0.3 is 0 Å². The van der Waals surface area contributed by atoms with Crippen LogP contribution in [0.4, 0.5) is 0 Å². The number of halogens is 1. The second-order valence-electron chi connectivity index (χ2n) is 4.12. The van der Waals surface area contributed by atoms with Gasteiger partial charge in [0.05, 0.1) is 19.8 Å². The van der Waals surface area contributed by atoms with Crippen LogP contribution in [0.5, 0.6) is 11.5 Å². The number of benzene rings is 1. The predicted molar refractivity (Wildman–Crippen MR) is 75.3 cm³/mol. The van der Waals surface area contributed by atoms with Gasteiger partial charge in [-0.2, -0.15) is 0 Å². The summed E-state index contributed by atoms with van der Waals surface area (Å²) in [7, 11) is 1.63. The highest BCUT2D eigenvalue weighted by Crippen LogP contribution is 2.36.